The van der Waals surface area contributed by atoms with E-state index in [1.54, 1.807) is 30.3 Å². The fourth-order valence-corrected chi connectivity index (χ4v) is 2.56. The molecule has 0 aliphatic heterocycles. The molecule has 0 radical (unpaired) electrons. The first kappa shape index (κ1) is 17.7. The van der Waals surface area contributed by atoms with Gasteiger partial charge in [-0.1, -0.05) is 17.7 Å². The molecular formula is C19H17ClN4O2. The number of anilines is 4. The fraction of sp³-hybridized carbons (Fsp3) is 0.105. The van der Waals surface area contributed by atoms with Crippen LogP contribution in [0, 0.1) is 6.92 Å². The molecule has 7 heteroatoms. The smallest absolute Gasteiger partial charge is 0.337 e. The van der Waals surface area contributed by atoms with Crippen LogP contribution < -0.4 is 10.6 Å². The topological polar surface area (TPSA) is 76.1 Å². The van der Waals surface area contributed by atoms with E-state index in [2.05, 4.69) is 20.6 Å². The molecule has 2 N–H and O–H groups in total. The maximum Gasteiger partial charge on any atom is 0.337 e. The van der Waals surface area contributed by atoms with Crippen molar-refractivity contribution in [3.05, 3.63) is 71.0 Å². The van der Waals surface area contributed by atoms with Gasteiger partial charge in [-0.3, -0.25) is 0 Å². The minimum atomic E-state index is -0.373. The van der Waals surface area contributed by atoms with Crippen molar-refractivity contribution in [1.29, 1.82) is 0 Å². The lowest BCUT2D eigenvalue weighted by molar-refractivity contribution is 0.0601. The monoisotopic (exact) mass is 368 g/mol. The van der Waals surface area contributed by atoms with Gasteiger partial charge in [0.1, 0.15) is 17.5 Å². The lowest BCUT2D eigenvalue weighted by Crippen LogP contribution is -2.03. The van der Waals surface area contributed by atoms with Gasteiger partial charge in [0, 0.05) is 22.5 Å². The van der Waals surface area contributed by atoms with Crippen LogP contribution in [0.4, 0.5) is 23.0 Å². The van der Waals surface area contributed by atoms with Crippen LogP contribution in [0.15, 0.2) is 54.6 Å². The molecule has 0 bridgehead atoms. The number of nitrogens with zero attached hydrogens (tertiary/aromatic N) is 2. The molecule has 0 saturated heterocycles. The normalized spacial score (nSPS) is 10.3. The number of hydrogen-bond acceptors (Lipinski definition) is 6. The number of aromatic nitrogens is 2. The summed E-state index contributed by atoms with van der Waals surface area (Å²) in [5, 5.41) is 7.05. The fourth-order valence-electron chi connectivity index (χ4n) is 2.37. The SMILES string of the molecule is COC(=O)c1ccc(Nc2cc(Nc3cccc(Cl)c3)nc(C)n2)cc1. The number of carbonyl (C=O) groups excluding carboxylic acids is 1. The zero-order valence-corrected chi connectivity index (χ0v) is 15.0. The lowest BCUT2D eigenvalue weighted by atomic mass is 10.2. The van der Waals surface area contributed by atoms with Gasteiger partial charge >= 0.3 is 5.97 Å². The van der Waals surface area contributed by atoms with E-state index in [1.165, 1.54) is 7.11 Å². The molecule has 0 aliphatic carbocycles. The number of hydrogen-bond donors (Lipinski definition) is 2. The number of carbonyl (C=O) groups is 1. The highest BCUT2D eigenvalue weighted by Gasteiger charge is 2.06. The molecule has 0 atom stereocenters. The summed E-state index contributed by atoms with van der Waals surface area (Å²) in [6, 6.07) is 16.1. The molecule has 3 rings (SSSR count). The predicted molar refractivity (Wildman–Crippen MR) is 103 cm³/mol. The van der Waals surface area contributed by atoms with Crippen molar-refractivity contribution in [2.24, 2.45) is 0 Å². The van der Waals surface area contributed by atoms with Gasteiger partial charge < -0.3 is 15.4 Å². The maximum atomic E-state index is 11.5. The Morgan fingerprint density at radius 2 is 1.62 bits per heavy atom. The Kier molecular flexibility index (Phi) is 5.34. The first-order valence-corrected chi connectivity index (χ1v) is 8.25. The predicted octanol–water partition coefficient (Wildman–Crippen LogP) is 4.71. The number of ether oxygens (including phenoxy) is 1. The Morgan fingerprint density at radius 1 is 0.962 bits per heavy atom. The van der Waals surface area contributed by atoms with Crippen LogP contribution >= 0.6 is 11.6 Å². The quantitative estimate of drug-likeness (QED) is 0.635. The number of rotatable bonds is 5. The first-order chi connectivity index (χ1) is 12.5. The molecule has 132 valence electrons. The van der Waals surface area contributed by atoms with Crippen LogP contribution in [0.25, 0.3) is 0 Å². The highest BCUT2D eigenvalue weighted by molar-refractivity contribution is 6.30. The van der Waals surface area contributed by atoms with E-state index in [-0.39, 0.29) is 5.97 Å². The summed E-state index contributed by atoms with van der Waals surface area (Å²) < 4.78 is 4.69. The summed E-state index contributed by atoms with van der Waals surface area (Å²) in [5.41, 5.74) is 2.12. The molecule has 0 spiro atoms. The van der Waals surface area contributed by atoms with E-state index < -0.39 is 0 Å². The number of halogens is 1. The Morgan fingerprint density at radius 3 is 2.23 bits per heavy atom. The van der Waals surface area contributed by atoms with Crippen molar-refractivity contribution in [3.8, 4) is 0 Å². The van der Waals surface area contributed by atoms with Crippen LogP contribution in [0.3, 0.4) is 0 Å². The van der Waals surface area contributed by atoms with Crippen molar-refractivity contribution < 1.29 is 9.53 Å². The van der Waals surface area contributed by atoms with Crippen molar-refractivity contribution in [1.82, 2.24) is 9.97 Å². The van der Waals surface area contributed by atoms with Gasteiger partial charge in [0.25, 0.3) is 0 Å². The summed E-state index contributed by atoms with van der Waals surface area (Å²) >= 11 is 6.01. The van der Waals surface area contributed by atoms with Crippen LogP contribution in [0.2, 0.25) is 5.02 Å². The van der Waals surface area contributed by atoms with Gasteiger partial charge in [-0.05, 0) is 49.4 Å². The molecule has 0 amide bonds. The van der Waals surface area contributed by atoms with Gasteiger partial charge in [0.15, 0.2) is 0 Å². The second-order valence-electron chi connectivity index (χ2n) is 5.51. The summed E-state index contributed by atoms with van der Waals surface area (Å²) in [6.45, 7) is 1.81. The molecule has 2 aromatic carbocycles. The van der Waals surface area contributed by atoms with Gasteiger partial charge in [-0.2, -0.15) is 0 Å². The zero-order chi connectivity index (χ0) is 18.5. The van der Waals surface area contributed by atoms with Crippen LogP contribution in [-0.4, -0.2) is 23.0 Å². The van der Waals surface area contributed by atoms with E-state index in [0.717, 1.165) is 11.4 Å². The third kappa shape index (κ3) is 4.49. The van der Waals surface area contributed by atoms with E-state index in [4.69, 9.17) is 16.3 Å². The highest BCUT2D eigenvalue weighted by atomic mass is 35.5. The maximum absolute atomic E-state index is 11.5. The summed E-state index contributed by atoms with van der Waals surface area (Å²) in [5.74, 6) is 1.52. The van der Waals surface area contributed by atoms with Crippen LogP contribution in [-0.2, 0) is 4.74 Å². The molecule has 26 heavy (non-hydrogen) atoms. The Labute approximate surface area is 156 Å². The second kappa shape index (κ2) is 7.84. The minimum Gasteiger partial charge on any atom is -0.465 e. The van der Waals surface area contributed by atoms with Gasteiger partial charge in [-0.15, -0.1) is 0 Å². The summed E-state index contributed by atoms with van der Waals surface area (Å²) in [7, 11) is 1.35. The van der Waals surface area contributed by atoms with Crippen LogP contribution in [0.1, 0.15) is 16.2 Å². The molecule has 3 aromatic rings. The largest absolute Gasteiger partial charge is 0.465 e. The number of benzene rings is 2. The summed E-state index contributed by atoms with van der Waals surface area (Å²) in [6.07, 6.45) is 0. The number of methoxy groups -OCH3 is 1. The van der Waals surface area contributed by atoms with Crippen LogP contribution in [0.5, 0.6) is 0 Å². The minimum absolute atomic E-state index is 0.373. The third-order valence-electron chi connectivity index (χ3n) is 3.51. The molecule has 0 fully saturated rings. The van der Waals surface area contributed by atoms with E-state index in [1.807, 2.05) is 31.2 Å². The van der Waals surface area contributed by atoms with Crippen molar-refractivity contribution in [2.45, 2.75) is 6.92 Å². The molecule has 0 aliphatic rings. The van der Waals surface area contributed by atoms with E-state index in [9.17, 15) is 4.79 Å². The molecule has 1 heterocycles. The molecular weight excluding hydrogens is 352 g/mol. The average Bonchev–Trinajstić information content (AvgIpc) is 2.61. The van der Waals surface area contributed by atoms with Crippen molar-refractivity contribution >= 4 is 40.6 Å². The average molecular weight is 369 g/mol. The zero-order valence-electron chi connectivity index (χ0n) is 14.3. The summed E-state index contributed by atoms with van der Waals surface area (Å²) in [4.78, 5) is 20.3. The van der Waals surface area contributed by atoms with Gasteiger partial charge in [0.05, 0.1) is 12.7 Å². The van der Waals surface area contributed by atoms with E-state index in [0.29, 0.717) is 28.0 Å². The third-order valence-corrected chi connectivity index (χ3v) is 3.75. The standard InChI is InChI=1S/C19H17ClN4O2/c1-12-21-17(23-15-8-6-13(7-9-15)19(25)26-2)11-18(22-12)24-16-5-3-4-14(20)10-16/h3-11H,1-2H3,(H2,21,22,23,24). The molecule has 6 nitrogen and oxygen atoms in total. The molecule has 1 aromatic heterocycles. The van der Waals surface area contributed by atoms with Gasteiger partial charge in [-0.25, -0.2) is 14.8 Å². The molecule has 0 unspecified atom stereocenters. The Balaban J connectivity index is 1.78. The molecule has 0 saturated carbocycles. The number of nitrogens with one attached hydrogen (secondary N) is 2. The Hall–Kier alpha value is -3.12. The first-order valence-electron chi connectivity index (χ1n) is 7.87. The lowest BCUT2D eigenvalue weighted by Gasteiger charge is -2.11. The number of aryl methyl sites for hydroxylation is 1. The Bertz CT molecular complexity index is 929. The van der Waals surface area contributed by atoms with Crippen molar-refractivity contribution in [3.63, 3.8) is 0 Å². The van der Waals surface area contributed by atoms with E-state index >= 15 is 0 Å². The van der Waals surface area contributed by atoms with Crippen molar-refractivity contribution in [2.75, 3.05) is 17.7 Å². The van der Waals surface area contributed by atoms with Gasteiger partial charge in [0.2, 0.25) is 0 Å². The number of esters is 1. The second-order valence-corrected chi connectivity index (χ2v) is 5.95. The highest BCUT2D eigenvalue weighted by Crippen LogP contribution is 2.22.